The van der Waals surface area contributed by atoms with Gasteiger partial charge in [0.15, 0.2) is 15.0 Å². The SMILES string of the molecule is O=C(Cc1ccc(F)cc1)N=C1S[C@@H]2CS(=O)(=O)C[C@H]2N1[C@@H]1C[C@@H]2CC[C@@H]1C2. The number of rotatable bonds is 3. The van der Waals surface area contributed by atoms with Crippen LogP contribution in [0.5, 0.6) is 0 Å². The molecule has 2 bridgehead atoms. The number of sulfone groups is 1. The first-order chi connectivity index (χ1) is 13.4. The third-order valence-electron chi connectivity index (χ3n) is 6.65. The van der Waals surface area contributed by atoms with Gasteiger partial charge in [-0.05, 0) is 48.8 Å². The third kappa shape index (κ3) is 3.38. The first-order valence-corrected chi connectivity index (χ1v) is 12.6. The van der Waals surface area contributed by atoms with Gasteiger partial charge in [0.05, 0.1) is 24.0 Å². The fourth-order valence-electron chi connectivity index (χ4n) is 5.45. The molecular weight excluding hydrogens is 399 g/mol. The lowest BCUT2D eigenvalue weighted by molar-refractivity contribution is -0.117. The maximum Gasteiger partial charge on any atom is 0.252 e. The van der Waals surface area contributed by atoms with E-state index in [4.69, 9.17) is 0 Å². The summed E-state index contributed by atoms with van der Waals surface area (Å²) in [6.07, 6.45) is 4.89. The van der Waals surface area contributed by atoms with Crippen LogP contribution in [-0.2, 0) is 21.1 Å². The van der Waals surface area contributed by atoms with E-state index in [-0.39, 0.29) is 40.9 Å². The van der Waals surface area contributed by atoms with Crippen molar-refractivity contribution in [3.05, 3.63) is 35.6 Å². The van der Waals surface area contributed by atoms with Crippen LogP contribution >= 0.6 is 11.8 Å². The van der Waals surface area contributed by atoms with Gasteiger partial charge in [-0.2, -0.15) is 4.99 Å². The van der Waals surface area contributed by atoms with Gasteiger partial charge >= 0.3 is 0 Å². The highest BCUT2D eigenvalue weighted by atomic mass is 32.2. The Balaban J connectivity index is 1.40. The predicted molar refractivity (Wildman–Crippen MR) is 107 cm³/mol. The number of carbonyl (C=O) groups excluding carboxylic acids is 1. The molecule has 1 aromatic rings. The molecule has 2 saturated carbocycles. The monoisotopic (exact) mass is 422 g/mol. The summed E-state index contributed by atoms with van der Waals surface area (Å²) in [6.45, 7) is 0. The third-order valence-corrected chi connectivity index (χ3v) is 9.88. The fraction of sp³-hybridized carbons (Fsp3) is 0.600. The first kappa shape index (κ1) is 18.6. The minimum atomic E-state index is -3.02. The Morgan fingerprint density at radius 1 is 1.14 bits per heavy atom. The molecule has 4 fully saturated rings. The van der Waals surface area contributed by atoms with Crippen LogP contribution < -0.4 is 0 Å². The summed E-state index contributed by atoms with van der Waals surface area (Å²) in [5.74, 6) is 1.07. The van der Waals surface area contributed by atoms with Crippen molar-refractivity contribution in [2.24, 2.45) is 16.8 Å². The molecule has 2 saturated heterocycles. The number of hydrogen-bond acceptors (Lipinski definition) is 4. The van der Waals surface area contributed by atoms with E-state index in [1.807, 2.05) is 0 Å². The molecule has 1 amide bonds. The molecule has 0 unspecified atom stereocenters. The van der Waals surface area contributed by atoms with Crippen molar-refractivity contribution in [1.82, 2.24) is 4.90 Å². The summed E-state index contributed by atoms with van der Waals surface area (Å²) in [4.78, 5) is 19.2. The maximum absolute atomic E-state index is 13.1. The van der Waals surface area contributed by atoms with Crippen LogP contribution in [-0.4, -0.2) is 53.2 Å². The second-order valence-electron chi connectivity index (χ2n) is 8.54. The van der Waals surface area contributed by atoms with E-state index >= 15 is 0 Å². The van der Waals surface area contributed by atoms with Crippen molar-refractivity contribution >= 4 is 32.7 Å². The van der Waals surface area contributed by atoms with E-state index in [2.05, 4.69) is 9.89 Å². The van der Waals surface area contributed by atoms with Crippen LogP contribution in [0.15, 0.2) is 29.3 Å². The molecule has 0 spiro atoms. The topological polar surface area (TPSA) is 66.8 Å². The number of aliphatic imine (C=N–C) groups is 1. The average Bonchev–Trinajstić information content (AvgIpc) is 3.36. The van der Waals surface area contributed by atoms with Gasteiger partial charge in [0.25, 0.3) is 5.91 Å². The number of thioether (sulfide) groups is 1. The van der Waals surface area contributed by atoms with Crippen LogP contribution in [0.3, 0.4) is 0 Å². The Labute approximate surface area is 168 Å². The molecule has 2 aliphatic carbocycles. The molecule has 2 heterocycles. The van der Waals surface area contributed by atoms with Gasteiger partial charge in [-0.3, -0.25) is 4.79 Å². The van der Waals surface area contributed by atoms with E-state index in [0.29, 0.717) is 17.1 Å². The van der Waals surface area contributed by atoms with E-state index in [1.54, 1.807) is 12.1 Å². The lowest BCUT2D eigenvalue weighted by Gasteiger charge is -2.36. The van der Waals surface area contributed by atoms with E-state index in [0.717, 1.165) is 17.9 Å². The van der Waals surface area contributed by atoms with E-state index < -0.39 is 9.84 Å². The summed E-state index contributed by atoms with van der Waals surface area (Å²) in [7, 11) is -3.02. The smallest absolute Gasteiger partial charge is 0.252 e. The normalized spacial score (nSPS) is 37.0. The predicted octanol–water partition coefficient (Wildman–Crippen LogP) is 2.65. The highest BCUT2D eigenvalue weighted by Crippen LogP contribution is 2.51. The van der Waals surface area contributed by atoms with Gasteiger partial charge in [0.1, 0.15) is 5.82 Å². The highest BCUT2D eigenvalue weighted by molar-refractivity contribution is 8.15. The van der Waals surface area contributed by atoms with Crippen LogP contribution in [0.1, 0.15) is 31.2 Å². The molecule has 5 nitrogen and oxygen atoms in total. The Morgan fingerprint density at radius 2 is 1.93 bits per heavy atom. The molecule has 0 N–H and O–H groups in total. The number of amidine groups is 1. The number of amides is 1. The molecule has 2 aliphatic heterocycles. The Kier molecular flexibility index (Phi) is 4.54. The highest BCUT2D eigenvalue weighted by Gasteiger charge is 2.54. The lowest BCUT2D eigenvalue weighted by atomic mass is 9.93. The van der Waals surface area contributed by atoms with Crippen molar-refractivity contribution in [2.75, 3.05) is 11.5 Å². The molecule has 5 atom stereocenters. The summed E-state index contributed by atoms with van der Waals surface area (Å²) in [5, 5.41) is 0.677. The molecule has 0 radical (unpaired) electrons. The Bertz CT molecular complexity index is 931. The minimum Gasteiger partial charge on any atom is -0.343 e. The largest absolute Gasteiger partial charge is 0.343 e. The number of fused-ring (bicyclic) bond motifs is 3. The molecule has 0 aromatic heterocycles. The summed E-state index contributed by atoms with van der Waals surface area (Å²) < 4.78 is 37.4. The van der Waals surface area contributed by atoms with Crippen LogP contribution in [0, 0.1) is 17.7 Å². The summed E-state index contributed by atoms with van der Waals surface area (Å²) in [6, 6.07) is 6.14. The lowest BCUT2D eigenvalue weighted by Crippen LogP contribution is -2.47. The van der Waals surface area contributed by atoms with Gasteiger partial charge in [0, 0.05) is 11.3 Å². The number of carbonyl (C=O) groups is 1. The van der Waals surface area contributed by atoms with Crippen LogP contribution in [0.2, 0.25) is 0 Å². The minimum absolute atomic E-state index is 0.0264. The summed E-state index contributed by atoms with van der Waals surface area (Å²) >= 11 is 1.46. The van der Waals surface area contributed by atoms with Crippen molar-refractivity contribution in [1.29, 1.82) is 0 Å². The second-order valence-corrected chi connectivity index (χ2v) is 11.9. The van der Waals surface area contributed by atoms with Gasteiger partial charge in [-0.25, -0.2) is 12.8 Å². The van der Waals surface area contributed by atoms with Gasteiger partial charge in [0.2, 0.25) is 0 Å². The van der Waals surface area contributed by atoms with E-state index in [1.165, 1.54) is 43.2 Å². The van der Waals surface area contributed by atoms with E-state index in [9.17, 15) is 17.6 Å². The van der Waals surface area contributed by atoms with Gasteiger partial charge < -0.3 is 4.90 Å². The zero-order valence-electron chi connectivity index (χ0n) is 15.5. The molecule has 5 rings (SSSR count). The number of benzene rings is 1. The van der Waals surface area contributed by atoms with Crippen molar-refractivity contribution in [3.63, 3.8) is 0 Å². The van der Waals surface area contributed by atoms with Crippen molar-refractivity contribution in [3.8, 4) is 0 Å². The molecule has 8 heteroatoms. The number of halogens is 1. The standard InChI is InChI=1S/C20H23FN2O3S2/c21-15-5-2-12(3-6-15)9-19(24)22-20-23(16-8-13-1-4-14(16)7-13)17-10-28(25,26)11-18(17)27-20/h2-3,5-6,13-14,16-18H,1,4,7-11H2/t13-,14-,16-,17-,18-/m1/s1. The van der Waals surface area contributed by atoms with Crippen LogP contribution in [0.4, 0.5) is 4.39 Å². The molecule has 1 aromatic carbocycles. The zero-order valence-corrected chi connectivity index (χ0v) is 17.1. The molecule has 4 aliphatic rings. The van der Waals surface area contributed by atoms with Gasteiger partial charge in [-0.15, -0.1) is 0 Å². The molecular formula is C20H23FN2O3S2. The summed E-state index contributed by atoms with van der Waals surface area (Å²) in [5.41, 5.74) is 0.730. The number of hydrogen-bond donors (Lipinski definition) is 0. The Hall–Kier alpha value is -1.41. The second kappa shape index (κ2) is 6.83. The first-order valence-electron chi connectivity index (χ1n) is 9.89. The van der Waals surface area contributed by atoms with Crippen LogP contribution in [0.25, 0.3) is 0 Å². The molecule has 28 heavy (non-hydrogen) atoms. The van der Waals surface area contributed by atoms with Crippen molar-refractivity contribution in [2.45, 2.75) is 49.4 Å². The molecule has 150 valence electrons. The Morgan fingerprint density at radius 3 is 2.61 bits per heavy atom. The fourth-order valence-corrected chi connectivity index (χ4v) is 9.44. The average molecular weight is 423 g/mol. The quantitative estimate of drug-likeness (QED) is 0.749. The number of nitrogens with zero attached hydrogens (tertiary/aromatic N) is 2. The van der Waals surface area contributed by atoms with Crippen molar-refractivity contribution < 1.29 is 17.6 Å². The van der Waals surface area contributed by atoms with Gasteiger partial charge in [-0.1, -0.05) is 30.3 Å². The zero-order chi connectivity index (χ0) is 19.5. The maximum atomic E-state index is 13.1.